The van der Waals surface area contributed by atoms with Crippen molar-refractivity contribution in [1.29, 1.82) is 0 Å². The van der Waals surface area contributed by atoms with Crippen molar-refractivity contribution in [3.05, 3.63) is 59.2 Å². The molecule has 0 fully saturated rings. The lowest BCUT2D eigenvalue weighted by Gasteiger charge is -2.20. The monoisotopic (exact) mass is 283 g/mol. The van der Waals surface area contributed by atoms with Crippen LogP contribution in [-0.2, 0) is 11.8 Å². The molecule has 1 aromatic carbocycles. The topological polar surface area (TPSA) is 37.8 Å². The molecule has 1 heterocycles. The molecule has 1 atom stereocenters. The fourth-order valence-corrected chi connectivity index (χ4v) is 2.40. The Labute approximate surface area is 127 Å². The summed E-state index contributed by atoms with van der Waals surface area (Å²) < 4.78 is 0. The Bertz CT molecular complexity index is 582. The molecule has 3 nitrogen and oxygen atoms in total. The molecule has 2 rings (SSSR count). The Hall–Kier alpha value is -1.74. The maximum Gasteiger partial charge on any atom is 0.125 e. The van der Waals surface area contributed by atoms with Gasteiger partial charge in [-0.15, -0.1) is 0 Å². The molecule has 1 unspecified atom stereocenters. The van der Waals surface area contributed by atoms with Crippen LogP contribution in [0, 0.1) is 6.92 Å². The van der Waals surface area contributed by atoms with Crippen LogP contribution in [0.2, 0.25) is 0 Å². The van der Waals surface area contributed by atoms with Gasteiger partial charge in [-0.3, -0.25) is 0 Å². The second-order valence-corrected chi connectivity index (χ2v) is 6.52. The molecule has 0 saturated heterocycles. The lowest BCUT2D eigenvalue weighted by molar-refractivity contribution is 0.569. The Morgan fingerprint density at radius 2 is 1.76 bits per heavy atom. The van der Waals surface area contributed by atoms with E-state index in [0.29, 0.717) is 0 Å². The zero-order valence-corrected chi connectivity index (χ0v) is 13.6. The fourth-order valence-electron chi connectivity index (χ4n) is 2.40. The van der Waals surface area contributed by atoms with Crippen LogP contribution in [0.4, 0.5) is 0 Å². The summed E-state index contributed by atoms with van der Waals surface area (Å²) in [5.74, 6) is 0.816. The summed E-state index contributed by atoms with van der Waals surface area (Å²) in [6.07, 6.45) is 2.75. The summed E-state index contributed by atoms with van der Waals surface area (Å²) in [4.78, 5) is 8.69. The van der Waals surface area contributed by atoms with Gasteiger partial charge in [0.05, 0.1) is 11.7 Å². The molecular weight excluding hydrogens is 258 g/mol. The Morgan fingerprint density at radius 1 is 1.10 bits per heavy atom. The quantitative estimate of drug-likeness (QED) is 0.932. The standard InChI is InChI=1S/C18H25N3/c1-13-20-11-10-16(21-13)17(19-5)12-14-6-8-15(9-7-14)18(2,3)4/h6-11,17,19H,12H2,1-5H3. The van der Waals surface area contributed by atoms with E-state index in [1.54, 1.807) is 0 Å². The van der Waals surface area contributed by atoms with Crippen LogP contribution in [0.15, 0.2) is 36.5 Å². The highest BCUT2D eigenvalue weighted by Crippen LogP contribution is 2.23. The third-order valence-corrected chi connectivity index (χ3v) is 3.76. The van der Waals surface area contributed by atoms with E-state index in [1.165, 1.54) is 11.1 Å². The lowest BCUT2D eigenvalue weighted by Crippen LogP contribution is -2.20. The minimum absolute atomic E-state index is 0.199. The zero-order valence-electron chi connectivity index (χ0n) is 13.6. The maximum atomic E-state index is 4.52. The van der Waals surface area contributed by atoms with E-state index in [2.05, 4.69) is 60.3 Å². The van der Waals surface area contributed by atoms with Gasteiger partial charge in [-0.2, -0.15) is 0 Å². The molecule has 0 aliphatic heterocycles. The highest BCUT2D eigenvalue weighted by Gasteiger charge is 2.15. The summed E-state index contributed by atoms with van der Waals surface area (Å²) in [6, 6.07) is 11.1. The number of nitrogens with one attached hydrogen (secondary N) is 1. The molecule has 0 radical (unpaired) electrons. The molecule has 0 aliphatic carbocycles. The van der Waals surface area contributed by atoms with E-state index in [0.717, 1.165) is 17.9 Å². The Morgan fingerprint density at radius 3 is 2.29 bits per heavy atom. The molecule has 0 saturated carbocycles. The Kier molecular flexibility index (Phi) is 4.73. The minimum atomic E-state index is 0.199. The molecule has 3 heteroatoms. The van der Waals surface area contributed by atoms with Gasteiger partial charge in [0.1, 0.15) is 5.82 Å². The van der Waals surface area contributed by atoms with Gasteiger partial charge in [0.15, 0.2) is 0 Å². The number of benzene rings is 1. The summed E-state index contributed by atoms with van der Waals surface area (Å²) in [7, 11) is 1.98. The minimum Gasteiger partial charge on any atom is -0.311 e. The van der Waals surface area contributed by atoms with Gasteiger partial charge in [0, 0.05) is 6.20 Å². The molecule has 2 aromatic rings. The number of aromatic nitrogens is 2. The van der Waals surface area contributed by atoms with Crippen LogP contribution in [0.25, 0.3) is 0 Å². The molecule has 0 amide bonds. The second kappa shape index (κ2) is 6.35. The summed E-state index contributed by atoms with van der Waals surface area (Å²) in [6.45, 7) is 8.64. The fraction of sp³-hybridized carbons (Fsp3) is 0.444. The van der Waals surface area contributed by atoms with E-state index in [-0.39, 0.29) is 11.5 Å². The number of hydrogen-bond acceptors (Lipinski definition) is 3. The number of rotatable bonds is 4. The number of aryl methyl sites for hydroxylation is 1. The van der Waals surface area contributed by atoms with Crippen LogP contribution < -0.4 is 5.32 Å². The van der Waals surface area contributed by atoms with Crippen LogP contribution in [-0.4, -0.2) is 17.0 Å². The van der Waals surface area contributed by atoms with Crippen molar-refractivity contribution in [3.63, 3.8) is 0 Å². The Balaban J connectivity index is 2.15. The predicted octanol–water partition coefficient (Wildman–Crippen LogP) is 3.59. The first-order chi connectivity index (χ1) is 9.90. The molecule has 0 aliphatic rings. The SMILES string of the molecule is CNC(Cc1ccc(C(C)(C)C)cc1)c1ccnc(C)n1. The smallest absolute Gasteiger partial charge is 0.125 e. The number of nitrogens with zero attached hydrogens (tertiary/aromatic N) is 2. The molecule has 1 aromatic heterocycles. The highest BCUT2D eigenvalue weighted by atomic mass is 14.9. The number of likely N-dealkylation sites (N-methyl/N-ethyl adjacent to an activating group) is 1. The molecule has 0 bridgehead atoms. The van der Waals surface area contributed by atoms with Crippen molar-refractivity contribution in [3.8, 4) is 0 Å². The first-order valence-electron chi connectivity index (χ1n) is 7.46. The van der Waals surface area contributed by atoms with Crippen LogP contribution in [0.3, 0.4) is 0 Å². The second-order valence-electron chi connectivity index (χ2n) is 6.52. The molecular formula is C18H25N3. The summed E-state index contributed by atoms with van der Waals surface area (Å²) in [5.41, 5.74) is 3.93. The van der Waals surface area contributed by atoms with E-state index < -0.39 is 0 Å². The number of hydrogen-bond donors (Lipinski definition) is 1. The average molecular weight is 283 g/mol. The van der Waals surface area contributed by atoms with E-state index in [4.69, 9.17) is 0 Å². The summed E-state index contributed by atoms with van der Waals surface area (Å²) in [5, 5.41) is 3.35. The third-order valence-electron chi connectivity index (χ3n) is 3.76. The van der Waals surface area contributed by atoms with Gasteiger partial charge < -0.3 is 5.32 Å². The van der Waals surface area contributed by atoms with Gasteiger partial charge in [0.25, 0.3) is 0 Å². The highest BCUT2D eigenvalue weighted by molar-refractivity contribution is 5.28. The first kappa shape index (κ1) is 15.6. The van der Waals surface area contributed by atoms with Crippen molar-refractivity contribution >= 4 is 0 Å². The third kappa shape index (κ3) is 4.11. The first-order valence-corrected chi connectivity index (χ1v) is 7.46. The normalized spacial score (nSPS) is 13.2. The van der Waals surface area contributed by atoms with E-state index in [9.17, 15) is 0 Å². The van der Waals surface area contributed by atoms with Crippen molar-refractivity contribution in [2.75, 3.05) is 7.05 Å². The molecule has 0 spiro atoms. The molecule has 1 N–H and O–H groups in total. The maximum absolute atomic E-state index is 4.52. The van der Waals surface area contributed by atoms with Gasteiger partial charge in [-0.1, -0.05) is 45.0 Å². The van der Waals surface area contributed by atoms with E-state index >= 15 is 0 Å². The predicted molar refractivity (Wildman–Crippen MR) is 87.4 cm³/mol. The van der Waals surface area contributed by atoms with Crippen molar-refractivity contribution in [2.24, 2.45) is 0 Å². The van der Waals surface area contributed by atoms with Crippen LogP contribution in [0.5, 0.6) is 0 Å². The lowest BCUT2D eigenvalue weighted by atomic mass is 9.86. The van der Waals surface area contributed by atoms with Gasteiger partial charge in [0.2, 0.25) is 0 Å². The van der Waals surface area contributed by atoms with Crippen LogP contribution in [0.1, 0.15) is 49.5 Å². The van der Waals surface area contributed by atoms with Crippen molar-refractivity contribution in [1.82, 2.24) is 15.3 Å². The molecule has 112 valence electrons. The van der Waals surface area contributed by atoms with Crippen molar-refractivity contribution in [2.45, 2.75) is 45.6 Å². The summed E-state index contributed by atoms with van der Waals surface area (Å²) >= 11 is 0. The van der Waals surface area contributed by atoms with Gasteiger partial charge in [-0.25, -0.2) is 9.97 Å². The van der Waals surface area contributed by atoms with Gasteiger partial charge in [-0.05, 0) is 43.0 Å². The van der Waals surface area contributed by atoms with Gasteiger partial charge >= 0.3 is 0 Å². The average Bonchev–Trinajstić information content (AvgIpc) is 2.44. The van der Waals surface area contributed by atoms with E-state index in [1.807, 2.05) is 26.2 Å². The largest absolute Gasteiger partial charge is 0.311 e. The van der Waals surface area contributed by atoms with Crippen molar-refractivity contribution < 1.29 is 0 Å². The van der Waals surface area contributed by atoms with Crippen LogP contribution >= 0.6 is 0 Å². The zero-order chi connectivity index (χ0) is 15.5. The molecule has 21 heavy (non-hydrogen) atoms.